The van der Waals surface area contributed by atoms with Gasteiger partial charge in [-0.25, -0.2) is 9.59 Å². The van der Waals surface area contributed by atoms with Gasteiger partial charge in [0.2, 0.25) is 0 Å². The van der Waals surface area contributed by atoms with Gasteiger partial charge in [0.05, 0.1) is 5.69 Å². The fraction of sp³-hybridized carbons (Fsp3) is 0.316. The Hall–Kier alpha value is -2.69. The summed E-state index contributed by atoms with van der Waals surface area (Å²) in [5, 5.41) is 0. The Bertz CT molecular complexity index is 654. The fourth-order valence-electron chi connectivity index (χ4n) is 2.27. The van der Waals surface area contributed by atoms with Gasteiger partial charge in [0.1, 0.15) is 5.57 Å². The molecule has 0 aliphatic carbocycles. The molecule has 1 aliphatic rings. The van der Waals surface area contributed by atoms with Crippen molar-refractivity contribution in [3.05, 3.63) is 54.1 Å². The summed E-state index contributed by atoms with van der Waals surface area (Å²) in [6.07, 6.45) is 8.38. The summed E-state index contributed by atoms with van der Waals surface area (Å²) in [6.45, 7) is 3.52. The Morgan fingerprint density at radius 3 is 2.42 bits per heavy atom. The third-order valence-electron chi connectivity index (χ3n) is 3.40. The summed E-state index contributed by atoms with van der Waals surface area (Å²) in [7, 11) is 0. The minimum absolute atomic E-state index is 0.0974. The zero-order valence-corrected chi connectivity index (χ0v) is 13.9. The van der Waals surface area contributed by atoms with Gasteiger partial charge in [-0.05, 0) is 24.6 Å². The van der Waals surface area contributed by atoms with Crippen molar-refractivity contribution in [1.82, 2.24) is 0 Å². The first-order valence-electron chi connectivity index (χ1n) is 7.95. The second-order valence-electron chi connectivity index (χ2n) is 5.55. The third-order valence-corrected chi connectivity index (χ3v) is 3.40. The first-order valence-corrected chi connectivity index (χ1v) is 7.95. The van der Waals surface area contributed by atoms with Gasteiger partial charge >= 0.3 is 11.9 Å². The highest BCUT2D eigenvalue weighted by molar-refractivity contribution is 6.15. The molecule has 0 amide bonds. The number of hydrogen-bond donors (Lipinski definition) is 0. The topological polar surface area (TPSA) is 65.0 Å². The van der Waals surface area contributed by atoms with Gasteiger partial charge in [-0.2, -0.15) is 0 Å². The lowest BCUT2D eigenvalue weighted by Crippen LogP contribution is -2.44. The number of cyclic esters (lactones) is 2. The molecule has 5 heteroatoms. The first-order chi connectivity index (χ1) is 11.5. The molecule has 1 aliphatic heterocycles. The van der Waals surface area contributed by atoms with Crippen LogP contribution >= 0.6 is 0 Å². The van der Waals surface area contributed by atoms with Crippen LogP contribution < -0.4 is 0 Å². The molecule has 1 heterocycles. The third kappa shape index (κ3) is 4.91. The molecule has 126 valence electrons. The van der Waals surface area contributed by atoms with E-state index in [4.69, 9.17) is 9.47 Å². The quantitative estimate of drug-likeness (QED) is 0.344. The van der Waals surface area contributed by atoms with Crippen molar-refractivity contribution in [2.24, 2.45) is 4.99 Å². The van der Waals surface area contributed by atoms with E-state index in [2.05, 4.69) is 4.99 Å². The molecule has 1 saturated heterocycles. The molecular formula is C19H21NO4. The lowest BCUT2D eigenvalue weighted by Gasteiger charge is -2.32. The number of allylic oxidation sites excluding steroid dienone is 3. The van der Waals surface area contributed by atoms with Crippen LogP contribution in [0.3, 0.4) is 0 Å². The molecule has 0 aromatic heterocycles. The average molecular weight is 327 g/mol. The minimum Gasteiger partial charge on any atom is -0.419 e. The maximum atomic E-state index is 11.9. The Morgan fingerprint density at radius 1 is 1.12 bits per heavy atom. The Balaban J connectivity index is 1.91. The van der Waals surface area contributed by atoms with Gasteiger partial charge < -0.3 is 9.47 Å². The van der Waals surface area contributed by atoms with Gasteiger partial charge in [0.25, 0.3) is 5.79 Å². The Morgan fingerprint density at radius 2 is 1.79 bits per heavy atom. The molecular weight excluding hydrogens is 306 g/mol. The maximum Gasteiger partial charge on any atom is 0.348 e. The van der Waals surface area contributed by atoms with Crippen LogP contribution in [0.2, 0.25) is 0 Å². The van der Waals surface area contributed by atoms with Gasteiger partial charge in [-0.15, -0.1) is 0 Å². The van der Waals surface area contributed by atoms with Crippen molar-refractivity contribution in [2.45, 2.75) is 38.9 Å². The monoisotopic (exact) mass is 327 g/mol. The van der Waals surface area contributed by atoms with Crippen molar-refractivity contribution in [3.8, 4) is 0 Å². The molecule has 0 atom stereocenters. The number of carbonyl (C=O) groups is 2. The predicted molar refractivity (Wildman–Crippen MR) is 91.9 cm³/mol. The fourth-order valence-corrected chi connectivity index (χ4v) is 2.27. The molecule has 0 saturated carbocycles. The predicted octanol–water partition coefficient (Wildman–Crippen LogP) is 3.88. The summed E-state index contributed by atoms with van der Waals surface area (Å²) >= 11 is 0. The summed E-state index contributed by atoms with van der Waals surface area (Å²) in [5.74, 6) is -2.46. The van der Waals surface area contributed by atoms with Gasteiger partial charge in [0.15, 0.2) is 0 Å². The molecule has 1 fully saturated rings. The standard InChI is InChI=1S/C19H21NO4/c1-3-13-19(2)23-17(21)16(18(22)24-19)12-8-5-9-14-20-15-10-6-4-7-11-15/h4-8,10-12,14H,3,9,13H2,1-2H3. The van der Waals surface area contributed by atoms with Crippen molar-refractivity contribution in [2.75, 3.05) is 0 Å². The number of nitrogens with zero attached hydrogens (tertiary/aromatic N) is 1. The van der Waals surface area contributed by atoms with Crippen molar-refractivity contribution < 1.29 is 19.1 Å². The summed E-state index contributed by atoms with van der Waals surface area (Å²) in [6, 6.07) is 9.57. The SMILES string of the molecule is CCCC1(C)OC(=O)C(=CC=CCC=Nc2ccccc2)C(=O)O1. The number of rotatable bonds is 6. The Labute approximate surface area is 141 Å². The van der Waals surface area contributed by atoms with E-state index < -0.39 is 17.7 Å². The molecule has 24 heavy (non-hydrogen) atoms. The first kappa shape index (κ1) is 17.7. The second-order valence-corrected chi connectivity index (χ2v) is 5.55. The smallest absolute Gasteiger partial charge is 0.348 e. The lowest BCUT2D eigenvalue weighted by atomic mass is 10.1. The Kier molecular flexibility index (Phi) is 6.07. The van der Waals surface area contributed by atoms with Gasteiger partial charge in [0, 0.05) is 26.0 Å². The number of esters is 2. The van der Waals surface area contributed by atoms with Crippen LogP contribution in [-0.2, 0) is 19.1 Å². The maximum absolute atomic E-state index is 11.9. The molecule has 1 aromatic rings. The molecule has 0 N–H and O–H groups in total. The lowest BCUT2D eigenvalue weighted by molar-refractivity contribution is -0.230. The number of para-hydroxylation sites is 1. The molecule has 5 nitrogen and oxygen atoms in total. The van der Waals surface area contributed by atoms with E-state index in [1.807, 2.05) is 37.3 Å². The normalized spacial score (nSPS) is 21.2. The van der Waals surface area contributed by atoms with Crippen LogP contribution in [0.5, 0.6) is 0 Å². The highest BCUT2D eigenvalue weighted by atomic mass is 16.7. The van der Waals surface area contributed by atoms with Crippen molar-refractivity contribution in [1.29, 1.82) is 0 Å². The highest BCUT2D eigenvalue weighted by Crippen LogP contribution is 2.27. The van der Waals surface area contributed by atoms with E-state index in [0.717, 1.165) is 12.1 Å². The van der Waals surface area contributed by atoms with E-state index in [-0.39, 0.29) is 5.57 Å². The van der Waals surface area contributed by atoms with E-state index in [0.29, 0.717) is 12.8 Å². The molecule has 0 unspecified atom stereocenters. The van der Waals surface area contributed by atoms with Crippen LogP contribution in [0.25, 0.3) is 0 Å². The van der Waals surface area contributed by atoms with Gasteiger partial charge in [-0.3, -0.25) is 4.99 Å². The minimum atomic E-state index is -1.16. The molecule has 0 bridgehead atoms. The van der Waals surface area contributed by atoms with E-state index >= 15 is 0 Å². The zero-order chi connectivity index (χ0) is 17.4. The zero-order valence-electron chi connectivity index (χ0n) is 13.9. The van der Waals surface area contributed by atoms with Crippen molar-refractivity contribution in [3.63, 3.8) is 0 Å². The van der Waals surface area contributed by atoms with Crippen LogP contribution in [0.4, 0.5) is 5.69 Å². The number of ether oxygens (including phenoxy) is 2. The average Bonchev–Trinajstić information content (AvgIpc) is 2.53. The summed E-state index contributed by atoms with van der Waals surface area (Å²) in [5.41, 5.74) is 0.777. The van der Waals surface area contributed by atoms with Crippen LogP contribution in [0, 0.1) is 0 Å². The molecule has 0 radical (unpaired) electrons. The van der Waals surface area contributed by atoms with E-state index in [9.17, 15) is 9.59 Å². The summed E-state index contributed by atoms with van der Waals surface area (Å²) < 4.78 is 10.4. The number of benzene rings is 1. The van der Waals surface area contributed by atoms with Crippen LogP contribution in [0.1, 0.15) is 33.1 Å². The molecule has 1 aromatic carbocycles. The van der Waals surface area contributed by atoms with E-state index in [1.165, 1.54) is 6.08 Å². The summed E-state index contributed by atoms with van der Waals surface area (Å²) in [4.78, 5) is 28.2. The largest absolute Gasteiger partial charge is 0.419 e. The van der Waals surface area contributed by atoms with Crippen LogP contribution in [0.15, 0.2) is 59.1 Å². The van der Waals surface area contributed by atoms with Crippen LogP contribution in [-0.4, -0.2) is 23.9 Å². The second kappa shape index (κ2) is 8.24. The van der Waals surface area contributed by atoms with Gasteiger partial charge in [-0.1, -0.05) is 37.3 Å². The number of hydrogen-bond acceptors (Lipinski definition) is 5. The van der Waals surface area contributed by atoms with E-state index in [1.54, 1.807) is 25.3 Å². The highest BCUT2D eigenvalue weighted by Gasteiger charge is 2.41. The molecule has 0 spiro atoms. The van der Waals surface area contributed by atoms with Crippen molar-refractivity contribution >= 4 is 23.8 Å². The number of carbonyl (C=O) groups excluding carboxylic acids is 2. The molecule has 2 rings (SSSR count). The number of aliphatic imine (C=N–C) groups is 1.